The van der Waals surface area contributed by atoms with Crippen molar-refractivity contribution in [1.82, 2.24) is 4.90 Å². The average molecular weight is 418 g/mol. The summed E-state index contributed by atoms with van der Waals surface area (Å²) >= 11 is 3.45. The fraction of sp³-hybridized carbons (Fsp3) is 0.250. The van der Waals surface area contributed by atoms with Gasteiger partial charge in [0.05, 0.1) is 14.2 Å². The summed E-state index contributed by atoms with van der Waals surface area (Å²) in [4.78, 5) is 14.5. The minimum atomic E-state index is -0.173. The van der Waals surface area contributed by atoms with Crippen LogP contribution in [0.5, 0.6) is 11.5 Å². The van der Waals surface area contributed by atoms with Gasteiger partial charge in [0.1, 0.15) is 17.1 Å². The maximum atomic E-state index is 12.9. The second kappa shape index (κ2) is 7.41. The smallest absolute Gasteiger partial charge is 0.289 e. The molecule has 26 heavy (non-hydrogen) atoms. The number of carbonyl (C=O) groups is 1. The van der Waals surface area contributed by atoms with Gasteiger partial charge >= 0.3 is 0 Å². The molecular formula is C20H20BrNO4. The Bertz CT molecular complexity index is 964. The largest absolute Gasteiger partial charge is 0.497 e. The molecule has 0 aliphatic heterocycles. The van der Waals surface area contributed by atoms with Crippen molar-refractivity contribution in [2.45, 2.75) is 13.5 Å². The van der Waals surface area contributed by atoms with Gasteiger partial charge in [-0.15, -0.1) is 0 Å². The fourth-order valence-corrected chi connectivity index (χ4v) is 3.24. The van der Waals surface area contributed by atoms with E-state index in [4.69, 9.17) is 13.9 Å². The van der Waals surface area contributed by atoms with E-state index in [0.717, 1.165) is 21.0 Å². The first-order valence-corrected chi connectivity index (χ1v) is 8.89. The maximum Gasteiger partial charge on any atom is 0.289 e. The second-order valence-electron chi connectivity index (χ2n) is 6.04. The summed E-state index contributed by atoms with van der Waals surface area (Å²) < 4.78 is 17.4. The van der Waals surface area contributed by atoms with Crippen LogP contribution in [0.25, 0.3) is 11.0 Å². The van der Waals surface area contributed by atoms with E-state index in [0.29, 0.717) is 29.4 Å². The molecule has 1 aromatic heterocycles. The Morgan fingerprint density at radius 1 is 1.15 bits per heavy atom. The summed E-state index contributed by atoms with van der Waals surface area (Å²) in [6, 6.07) is 11.3. The molecule has 2 aromatic carbocycles. The van der Waals surface area contributed by atoms with Crippen molar-refractivity contribution in [3.8, 4) is 11.5 Å². The van der Waals surface area contributed by atoms with Crippen molar-refractivity contribution >= 4 is 32.8 Å². The average Bonchev–Trinajstić information content (AvgIpc) is 2.97. The SMILES string of the molecule is COc1ccc(CN(C)C(=O)c2oc3ccc(Br)cc3c2C)c(OC)c1. The van der Waals surface area contributed by atoms with E-state index in [9.17, 15) is 4.79 Å². The molecule has 0 N–H and O–H groups in total. The lowest BCUT2D eigenvalue weighted by Crippen LogP contribution is -2.26. The highest BCUT2D eigenvalue weighted by molar-refractivity contribution is 9.10. The number of ether oxygens (including phenoxy) is 2. The highest BCUT2D eigenvalue weighted by atomic mass is 79.9. The number of aryl methyl sites for hydroxylation is 1. The predicted octanol–water partition coefficient (Wildman–Crippen LogP) is 4.79. The van der Waals surface area contributed by atoms with Gasteiger partial charge in [0.15, 0.2) is 5.76 Å². The van der Waals surface area contributed by atoms with Gasteiger partial charge in [-0.3, -0.25) is 4.79 Å². The maximum absolute atomic E-state index is 12.9. The molecule has 0 saturated carbocycles. The number of halogens is 1. The number of hydrogen-bond acceptors (Lipinski definition) is 4. The molecule has 136 valence electrons. The van der Waals surface area contributed by atoms with E-state index in [2.05, 4.69) is 15.9 Å². The molecule has 0 spiro atoms. The molecule has 1 amide bonds. The van der Waals surface area contributed by atoms with Gasteiger partial charge in [0.2, 0.25) is 0 Å². The standard InChI is InChI=1S/C20H20BrNO4/c1-12-16-9-14(21)6-8-17(16)26-19(12)20(23)22(2)11-13-5-7-15(24-3)10-18(13)25-4/h5-10H,11H2,1-4H3. The summed E-state index contributed by atoms with van der Waals surface area (Å²) in [6.45, 7) is 2.29. The van der Waals surface area contributed by atoms with Crippen LogP contribution in [0.3, 0.4) is 0 Å². The highest BCUT2D eigenvalue weighted by Crippen LogP contribution is 2.30. The van der Waals surface area contributed by atoms with E-state index >= 15 is 0 Å². The van der Waals surface area contributed by atoms with Crippen LogP contribution in [0.4, 0.5) is 0 Å². The third-order valence-corrected chi connectivity index (χ3v) is 4.83. The van der Waals surface area contributed by atoms with Crippen molar-refractivity contribution in [1.29, 1.82) is 0 Å². The predicted molar refractivity (Wildman–Crippen MR) is 104 cm³/mol. The number of methoxy groups -OCH3 is 2. The number of nitrogens with zero attached hydrogens (tertiary/aromatic N) is 1. The molecule has 0 aliphatic carbocycles. The topological polar surface area (TPSA) is 51.9 Å². The molecule has 6 heteroatoms. The van der Waals surface area contributed by atoms with Crippen molar-refractivity contribution in [2.24, 2.45) is 0 Å². The minimum absolute atomic E-state index is 0.173. The summed E-state index contributed by atoms with van der Waals surface area (Å²) in [7, 11) is 4.95. The zero-order valence-corrected chi connectivity index (χ0v) is 16.7. The zero-order valence-electron chi connectivity index (χ0n) is 15.1. The quantitative estimate of drug-likeness (QED) is 0.598. The molecule has 0 aliphatic rings. The number of fused-ring (bicyclic) bond motifs is 1. The van der Waals surface area contributed by atoms with Crippen LogP contribution in [0.15, 0.2) is 45.3 Å². The second-order valence-corrected chi connectivity index (χ2v) is 6.95. The van der Waals surface area contributed by atoms with E-state index in [-0.39, 0.29) is 5.91 Å². The van der Waals surface area contributed by atoms with E-state index in [1.807, 2.05) is 37.3 Å². The third-order valence-electron chi connectivity index (χ3n) is 4.34. The van der Waals surface area contributed by atoms with Crippen molar-refractivity contribution in [3.05, 3.63) is 57.8 Å². The zero-order chi connectivity index (χ0) is 18.8. The number of benzene rings is 2. The van der Waals surface area contributed by atoms with Crippen LogP contribution in [0.1, 0.15) is 21.7 Å². The van der Waals surface area contributed by atoms with Crippen LogP contribution in [-0.2, 0) is 6.54 Å². The fourth-order valence-electron chi connectivity index (χ4n) is 2.88. The number of hydrogen-bond donors (Lipinski definition) is 0. The van der Waals surface area contributed by atoms with Gasteiger partial charge in [-0.2, -0.15) is 0 Å². The van der Waals surface area contributed by atoms with E-state index in [1.54, 1.807) is 32.2 Å². The van der Waals surface area contributed by atoms with Crippen LogP contribution in [0, 0.1) is 6.92 Å². The molecule has 3 aromatic rings. The van der Waals surface area contributed by atoms with Crippen LogP contribution in [0.2, 0.25) is 0 Å². The Labute approximate surface area is 160 Å². The first-order valence-electron chi connectivity index (χ1n) is 8.09. The van der Waals surface area contributed by atoms with Gasteiger partial charge in [-0.25, -0.2) is 0 Å². The van der Waals surface area contributed by atoms with Crippen LogP contribution < -0.4 is 9.47 Å². The molecule has 5 nitrogen and oxygen atoms in total. The van der Waals surface area contributed by atoms with Gasteiger partial charge in [0.25, 0.3) is 5.91 Å². The minimum Gasteiger partial charge on any atom is -0.497 e. The summed E-state index contributed by atoms with van der Waals surface area (Å²) in [5.41, 5.74) is 2.42. The Morgan fingerprint density at radius 2 is 1.92 bits per heavy atom. The number of amides is 1. The molecule has 1 heterocycles. The molecule has 0 fully saturated rings. The van der Waals surface area contributed by atoms with Crippen molar-refractivity contribution in [3.63, 3.8) is 0 Å². The monoisotopic (exact) mass is 417 g/mol. The summed E-state index contributed by atoms with van der Waals surface area (Å²) in [5, 5.41) is 0.929. The molecule has 0 atom stereocenters. The van der Waals surface area contributed by atoms with Crippen molar-refractivity contribution in [2.75, 3.05) is 21.3 Å². The lowest BCUT2D eigenvalue weighted by atomic mass is 10.1. The van der Waals surface area contributed by atoms with Crippen LogP contribution in [-0.4, -0.2) is 32.1 Å². The highest BCUT2D eigenvalue weighted by Gasteiger charge is 2.22. The Hall–Kier alpha value is -2.47. The summed E-state index contributed by atoms with van der Waals surface area (Å²) in [6.07, 6.45) is 0. The molecule has 0 bridgehead atoms. The first-order chi connectivity index (χ1) is 12.4. The van der Waals surface area contributed by atoms with Crippen molar-refractivity contribution < 1.29 is 18.7 Å². The van der Waals surface area contributed by atoms with Gasteiger partial charge in [0, 0.05) is 40.6 Å². The number of rotatable bonds is 5. The van der Waals surface area contributed by atoms with E-state index in [1.165, 1.54) is 0 Å². The molecule has 0 radical (unpaired) electrons. The lowest BCUT2D eigenvalue weighted by molar-refractivity contribution is 0.0754. The summed E-state index contributed by atoms with van der Waals surface area (Å²) in [5.74, 6) is 1.56. The number of carbonyl (C=O) groups excluding carboxylic acids is 1. The van der Waals surface area contributed by atoms with Gasteiger partial charge < -0.3 is 18.8 Å². The Kier molecular flexibility index (Phi) is 5.23. The first kappa shape index (κ1) is 18.3. The lowest BCUT2D eigenvalue weighted by Gasteiger charge is -2.18. The molecule has 0 unspecified atom stereocenters. The van der Waals surface area contributed by atoms with Gasteiger partial charge in [-0.1, -0.05) is 15.9 Å². The Balaban J connectivity index is 1.88. The molecule has 3 rings (SSSR count). The Morgan fingerprint density at radius 3 is 2.62 bits per heavy atom. The van der Waals surface area contributed by atoms with Crippen LogP contribution >= 0.6 is 15.9 Å². The van der Waals surface area contributed by atoms with E-state index < -0.39 is 0 Å². The molecular weight excluding hydrogens is 398 g/mol. The van der Waals surface area contributed by atoms with Gasteiger partial charge in [-0.05, 0) is 37.3 Å². The molecule has 0 saturated heterocycles. The third kappa shape index (κ3) is 3.42. The number of furan rings is 1. The normalized spacial score (nSPS) is 10.8.